The second kappa shape index (κ2) is 7.53. The number of nitrogens with zero attached hydrogens (tertiary/aromatic N) is 2. The number of aryl methyl sites for hydroxylation is 1. The highest BCUT2D eigenvalue weighted by Gasteiger charge is 2.16. The number of carbonyl (C=O) groups excluding carboxylic acids is 2. The van der Waals surface area contributed by atoms with Crippen LogP contribution in [0.2, 0.25) is 0 Å². The molecule has 2 heterocycles. The van der Waals surface area contributed by atoms with Gasteiger partial charge < -0.3 is 10.6 Å². The van der Waals surface area contributed by atoms with Crippen LogP contribution in [0.4, 0.5) is 0 Å². The van der Waals surface area contributed by atoms with E-state index in [9.17, 15) is 9.59 Å². The Morgan fingerprint density at radius 2 is 2.33 bits per heavy atom. The molecule has 7 nitrogen and oxygen atoms in total. The van der Waals surface area contributed by atoms with Crippen LogP contribution < -0.4 is 10.6 Å². The zero-order chi connectivity index (χ0) is 15.1. The number of hydrogen-bond donors (Lipinski definition) is 3. The minimum Gasteiger partial charge on any atom is -0.354 e. The van der Waals surface area contributed by atoms with Crippen LogP contribution >= 0.6 is 11.3 Å². The van der Waals surface area contributed by atoms with Crippen LogP contribution in [0.25, 0.3) is 0 Å². The Bertz CT molecular complexity index is 567. The fourth-order valence-electron chi connectivity index (χ4n) is 1.71. The van der Waals surface area contributed by atoms with Crippen molar-refractivity contribution in [2.75, 3.05) is 6.54 Å². The normalized spacial score (nSPS) is 11.9. The Kier molecular flexibility index (Phi) is 5.44. The van der Waals surface area contributed by atoms with Crippen LogP contribution in [0.3, 0.4) is 0 Å². The van der Waals surface area contributed by atoms with Crippen LogP contribution in [0, 0.1) is 0 Å². The molecule has 1 unspecified atom stereocenters. The monoisotopic (exact) mass is 307 g/mol. The fourth-order valence-corrected chi connectivity index (χ4v) is 2.34. The molecule has 0 radical (unpaired) electrons. The first-order chi connectivity index (χ1) is 10.2. The lowest BCUT2D eigenvalue weighted by Gasteiger charge is -2.13. The van der Waals surface area contributed by atoms with E-state index >= 15 is 0 Å². The van der Waals surface area contributed by atoms with E-state index in [-0.39, 0.29) is 11.8 Å². The number of hydrogen-bond acceptors (Lipinski definition) is 5. The van der Waals surface area contributed by atoms with Crippen LogP contribution in [-0.2, 0) is 11.2 Å². The van der Waals surface area contributed by atoms with Gasteiger partial charge in [-0.25, -0.2) is 4.98 Å². The van der Waals surface area contributed by atoms with Crippen molar-refractivity contribution >= 4 is 23.2 Å². The molecule has 0 aromatic carbocycles. The lowest BCUT2D eigenvalue weighted by atomic mass is 10.2. The first kappa shape index (κ1) is 15.2. The molecule has 0 aliphatic carbocycles. The summed E-state index contributed by atoms with van der Waals surface area (Å²) in [4.78, 5) is 28.3. The summed E-state index contributed by atoms with van der Waals surface area (Å²) in [6.07, 6.45) is 2.93. The average molecular weight is 307 g/mol. The van der Waals surface area contributed by atoms with E-state index in [1.165, 1.54) is 17.7 Å². The van der Waals surface area contributed by atoms with E-state index in [2.05, 4.69) is 25.8 Å². The Labute approximate surface area is 126 Å². The first-order valence-electron chi connectivity index (χ1n) is 6.63. The van der Waals surface area contributed by atoms with Gasteiger partial charge in [0.05, 0.1) is 4.88 Å². The maximum Gasteiger partial charge on any atom is 0.261 e. The predicted octanol–water partition coefficient (Wildman–Crippen LogP) is 0.734. The third-order valence-corrected chi connectivity index (χ3v) is 3.71. The molecule has 2 aromatic rings. The molecule has 1 atom stereocenters. The molecule has 0 aliphatic rings. The van der Waals surface area contributed by atoms with Gasteiger partial charge in [-0.05, 0) is 24.8 Å². The molecule has 8 heteroatoms. The summed E-state index contributed by atoms with van der Waals surface area (Å²) in [7, 11) is 0. The van der Waals surface area contributed by atoms with E-state index in [0.29, 0.717) is 11.4 Å². The van der Waals surface area contributed by atoms with E-state index in [1.807, 2.05) is 5.38 Å². The zero-order valence-corrected chi connectivity index (χ0v) is 12.4. The van der Waals surface area contributed by atoms with Crippen molar-refractivity contribution in [1.29, 1.82) is 0 Å². The number of thiophene rings is 1. The molecule has 21 heavy (non-hydrogen) atoms. The van der Waals surface area contributed by atoms with E-state index < -0.39 is 6.04 Å². The van der Waals surface area contributed by atoms with Crippen LogP contribution in [0.5, 0.6) is 0 Å². The minimum atomic E-state index is -0.565. The van der Waals surface area contributed by atoms with Gasteiger partial charge in [-0.1, -0.05) is 6.07 Å². The number of aromatic nitrogens is 3. The maximum absolute atomic E-state index is 11.9. The van der Waals surface area contributed by atoms with Crippen molar-refractivity contribution < 1.29 is 9.59 Å². The van der Waals surface area contributed by atoms with Crippen molar-refractivity contribution in [2.24, 2.45) is 0 Å². The molecule has 2 amide bonds. The number of amides is 2. The molecule has 2 rings (SSSR count). The van der Waals surface area contributed by atoms with Gasteiger partial charge in [0.15, 0.2) is 0 Å². The highest BCUT2D eigenvalue weighted by Crippen LogP contribution is 2.08. The molecule has 3 N–H and O–H groups in total. The molecular weight excluding hydrogens is 290 g/mol. The summed E-state index contributed by atoms with van der Waals surface area (Å²) in [6.45, 7) is 2.19. The molecule has 0 aliphatic heterocycles. The maximum atomic E-state index is 11.9. The first-order valence-corrected chi connectivity index (χ1v) is 7.51. The number of aromatic amines is 1. The van der Waals surface area contributed by atoms with Gasteiger partial charge in [0.1, 0.15) is 18.2 Å². The summed E-state index contributed by atoms with van der Waals surface area (Å²) in [6, 6.07) is 2.96. The molecule has 0 bridgehead atoms. The number of rotatable bonds is 7. The van der Waals surface area contributed by atoms with Crippen LogP contribution in [0.1, 0.15) is 28.8 Å². The SMILES string of the molecule is CC(NC(=O)c1cccs1)C(=O)NCCCc1ncn[nH]1. The van der Waals surface area contributed by atoms with Gasteiger partial charge in [-0.3, -0.25) is 14.7 Å². The number of carbonyl (C=O) groups is 2. The molecule has 0 spiro atoms. The quantitative estimate of drug-likeness (QED) is 0.657. The highest BCUT2D eigenvalue weighted by molar-refractivity contribution is 7.12. The molecule has 112 valence electrons. The topological polar surface area (TPSA) is 99.8 Å². The fraction of sp³-hybridized carbons (Fsp3) is 0.385. The second-order valence-corrected chi connectivity index (χ2v) is 5.45. The summed E-state index contributed by atoms with van der Waals surface area (Å²) in [5, 5.41) is 13.8. The van der Waals surface area contributed by atoms with E-state index in [0.717, 1.165) is 18.7 Å². The Morgan fingerprint density at radius 1 is 1.48 bits per heavy atom. The lowest BCUT2D eigenvalue weighted by Crippen LogP contribution is -2.44. The van der Waals surface area contributed by atoms with Gasteiger partial charge in [0.2, 0.25) is 5.91 Å². The molecule has 0 fully saturated rings. The second-order valence-electron chi connectivity index (χ2n) is 4.50. The lowest BCUT2D eigenvalue weighted by molar-refractivity contribution is -0.122. The minimum absolute atomic E-state index is 0.197. The Morgan fingerprint density at radius 3 is 3.00 bits per heavy atom. The van der Waals surface area contributed by atoms with E-state index in [1.54, 1.807) is 19.1 Å². The average Bonchev–Trinajstić information content (AvgIpc) is 3.15. The molecule has 0 saturated heterocycles. The summed E-state index contributed by atoms with van der Waals surface area (Å²) < 4.78 is 0. The summed E-state index contributed by atoms with van der Waals surface area (Å²) in [5.74, 6) is 0.370. The van der Waals surface area contributed by atoms with Gasteiger partial charge in [0, 0.05) is 13.0 Å². The van der Waals surface area contributed by atoms with Crippen LogP contribution in [-0.4, -0.2) is 39.6 Å². The summed E-state index contributed by atoms with van der Waals surface area (Å²) >= 11 is 1.34. The van der Waals surface area contributed by atoms with Crippen LogP contribution in [0.15, 0.2) is 23.8 Å². The van der Waals surface area contributed by atoms with Crippen molar-refractivity contribution in [3.8, 4) is 0 Å². The zero-order valence-electron chi connectivity index (χ0n) is 11.6. The molecule has 0 saturated carbocycles. The largest absolute Gasteiger partial charge is 0.354 e. The Balaban J connectivity index is 1.66. The number of nitrogens with one attached hydrogen (secondary N) is 3. The van der Waals surface area contributed by atoms with Gasteiger partial charge in [-0.15, -0.1) is 11.3 Å². The number of H-pyrrole nitrogens is 1. The standard InChI is InChI=1S/C13H17N5O2S/c1-9(17-13(20)10-4-3-7-21-10)12(19)14-6-2-5-11-15-8-16-18-11/h3-4,7-9H,2,5-6H2,1H3,(H,14,19)(H,17,20)(H,15,16,18). The third kappa shape index (κ3) is 4.67. The van der Waals surface area contributed by atoms with Crippen molar-refractivity contribution in [3.05, 3.63) is 34.5 Å². The van der Waals surface area contributed by atoms with Gasteiger partial charge in [-0.2, -0.15) is 5.10 Å². The van der Waals surface area contributed by atoms with Gasteiger partial charge >= 0.3 is 0 Å². The molecular formula is C13H17N5O2S. The smallest absolute Gasteiger partial charge is 0.261 e. The van der Waals surface area contributed by atoms with Gasteiger partial charge in [0.25, 0.3) is 5.91 Å². The highest BCUT2D eigenvalue weighted by atomic mass is 32.1. The summed E-state index contributed by atoms with van der Waals surface area (Å²) in [5.41, 5.74) is 0. The Hall–Kier alpha value is -2.22. The van der Waals surface area contributed by atoms with Crippen molar-refractivity contribution in [1.82, 2.24) is 25.8 Å². The molecule has 2 aromatic heterocycles. The third-order valence-electron chi connectivity index (χ3n) is 2.84. The van der Waals surface area contributed by atoms with Crippen molar-refractivity contribution in [3.63, 3.8) is 0 Å². The van der Waals surface area contributed by atoms with Crippen molar-refractivity contribution in [2.45, 2.75) is 25.8 Å². The van der Waals surface area contributed by atoms with E-state index in [4.69, 9.17) is 0 Å². The predicted molar refractivity (Wildman–Crippen MR) is 79.0 cm³/mol.